The molecule has 0 aliphatic carbocycles. The summed E-state index contributed by atoms with van der Waals surface area (Å²) in [6.07, 6.45) is 0.653. The lowest BCUT2D eigenvalue weighted by molar-refractivity contribution is -0.394. The molecule has 1 rings (SSSR count). The van der Waals surface area contributed by atoms with Gasteiger partial charge in [-0.3, -0.25) is 20.2 Å². The van der Waals surface area contributed by atoms with E-state index >= 15 is 0 Å². The van der Waals surface area contributed by atoms with Crippen LogP contribution in [0.25, 0.3) is 0 Å². The van der Waals surface area contributed by atoms with Crippen LogP contribution in [0, 0.1) is 20.2 Å². The number of non-ortho nitro benzene ring substituents is 1. The number of nitrogens with zero attached hydrogens (tertiary/aromatic N) is 2. The van der Waals surface area contributed by atoms with Crippen molar-refractivity contribution in [1.82, 2.24) is 0 Å². The molecule has 0 fully saturated rings. The van der Waals surface area contributed by atoms with Crippen molar-refractivity contribution in [3.05, 3.63) is 44.0 Å². The van der Waals surface area contributed by atoms with Crippen LogP contribution in [0.5, 0.6) is 0 Å². The van der Waals surface area contributed by atoms with E-state index in [9.17, 15) is 25.0 Å². The molecule has 0 aliphatic heterocycles. The second-order valence-corrected chi connectivity index (χ2v) is 4.84. The molecule has 22 heavy (non-hydrogen) atoms. The summed E-state index contributed by atoms with van der Waals surface area (Å²) in [5, 5.41) is 31.0. The number of carboxylic acid groups (broad SMARTS) is 1. The van der Waals surface area contributed by atoms with Crippen LogP contribution in [0.2, 0.25) is 0 Å². The minimum Gasteiger partial charge on any atom is -0.479 e. The zero-order valence-corrected chi connectivity index (χ0v) is 11.8. The molecule has 0 aliphatic rings. The highest BCUT2D eigenvalue weighted by Crippen LogP contribution is 2.36. The molecule has 10 nitrogen and oxygen atoms in total. The van der Waals surface area contributed by atoms with Gasteiger partial charge in [-0.25, -0.2) is 4.79 Å². The number of nitro groups is 2. The molecule has 1 aromatic carbocycles. The average molecular weight is 312 g/mol. The lowest BCUT2D eigenvalue weighted by Crippen LogP contribution is -2.60. The first-order valence-corrected chi connectivity index (χ1v) is 6.36. The smallest absolute Gasteiger partial charge is 0.339 e. The molecule has 0 radical (unpaired) electrons. The summed E-state index contributed by atoms with van der Waals surface area (Å²) < 4.78 is 0. The van der Waals surface area contributed by atoms with Gasteiger partial charge in [0, 0.05) is 17.5 Å². The van der Waals surface area contributed by atoms with E-state index in [-0.39, 0.29) is 12.0 Å². The summed E-state index contributed by atoms with van der Waals surface area (Å²) in [7, 11) is 0. The fourth-order valence-corrected chi connectivity index (χ4v) is 2.19. The molecule has 120 valence electrons. The van der Waals surface area contributed by atoms with Crippen molar-refractivity contribution in [2.75, 3.05) is 0 Å². The van der Waals surface area contributed by atoms with Crippen LogP contribution >= 0.6 is 0 Å². The Morgan fingerprint density at radius 3 is 2.32 bits per heavy atom. The lowest BCUT2D eigenvalue weighted by atomic mass is 9.82. The van der Waals surface area contributed by atoms with Crippen molar-refractivity contribution in [3.8, 4) is 0 Å². The van der Waals surface area contributed by atoms with E-state index in [1.165, 1.54) is 0 Å². The Kier molecular flexibility index (Phi) is 5.12. The number of rotatable bonds is 7. The molecule has 1 atom stereocenters. The number of benzene rings is 1. The van der Waals surface area contributed by atoms with Crippen molar-refractivity contribution in [1.29, 1.82) is 0 Å². The fraction of sp³-hybridized carbons (Fsp3) is 0.417. The highest BCUT2D eigenvalue weighted by atomic mass is 16.6. The largest absolute Gasteiger partial charge is 0.479 e. The van der Waals surface area contributed by atoms with Crippen LogP contribution in [0.3, 0.4) is 0 Å². The maximum absolute atomic E-state index is 11.2. The molecule has 0 bridgehead atoms. The van der Waals surface area contributed by atoms with Crippen molar-refractivity contribution in [2.45, 2.75) is 31.3 Å². The van der Waals surface area contributed by atoms with Crippen molar-refractivity contribution < 1.29 is 19.7 Å². The summed E-state index contributed by atoms with van der Waals surface area (Å²) >= 11 is 0. The predicted octanol–water partition coefficient (Wildman–Crippen LogP) is 1.09. The second kappa shape index (κ2) is 6.45. The normalized spacial score (nSPS) is 12.7. The van der Waals surface area contributed by atoms with E-state index in [1.807, 2.05) is 0 Å². The molecule has 5 N–H and O–H groups in total. The number of hydrogen-bond donors (Lipinski definition) is 3. The number of hydrogen-bond acceptors (Lipinski definition) is 7. The van der Waals surface area contributed by atoms with Crippen LogP contribution in [0.4, 0.5) is 11.4 Å². The van der Waals surface area contributed by atoms with Crippen molar-refractivity contribution in [3.63, 3.8) is 0 Å². The first kappa shape index (κ1) is 17.5. The summed E-state index contributed by atoms with van der Waals surface area (Å²) in [6.45, 7) is 1.74. The van der Waals surface area contributed by atoms with Gasteiger partial charge in [-0.05, 0) is 12.5 Å². The molecule has 0 saturated heterocycles. The number of aliphatic carboxylic acids is 1. The van der Waals surface area contributed by atoms with Gasteiger partial charge in [-0.2, -0.15) is 0 Å². The Balaban J connectivity index is 3.51. The molecule has 0 aromatic heterocycles. The number of carboxylic acids is 1. The second-order valence-electron chi connectivity index (χ2n) is 4.84. The first-order valence-electron chi connectivity index (χ1n) is 6.36. The van der Waals surface area contributed by atoms with E-state index in [0.29, 0.717) is 6.42 Å². The monoisotopic (exact) mass is 312 g/mol. The summed E-state index contributed by atoms with van der Waals surface area (Å²) in [6, 6.07) is 2.97. The zero-order valence-electron chi connectivity index (χ0n) is 11.8. The van der Waals surface area contributed by atoms with E-state index in [0.717, 1.165) is 18.2 Å². The topological polar surface area (TPSA) is 176 Å². The predicted molar refractivity (Wildman–Crippen MR) is 76.1 cm³/mol. The summed E-state index contributed by atoms with van der Waals surface area (Å²) in [5.41, 5.74) is 7.91. The van der Waals surface area contributed by atoms with Gasteiger partial charge in [-0.1, -0.05) is 13.3 Å². The Morgan fingerprint density at radius 2 is 1.91 bits per heavy atom. The third-order valence-electron chi connectivity index (χ3n) is 3.32. The Hall–Kier alpha value is -2.59. The molecular weight excluding hydrogens is 296 g/mol. The van der Waals surface area contributed by atoms with Gasteiger partial charge in [0.2, 0.25) is 0 Å². The molecular formula is C12H16N4O6. The number of nitrogens with two attached hydrogens (primary N) is 2. The molecule has 1 unspecified atom stereocenters. The average Bonchev–Trinajstić information content (AvgIpc) is 2.43. The number of carbonyl (C=O) groups is 1. The Bertz CT molecular complexity index is 616. The van der Waals surface area contributed by atoms with Gasteiger partial charge in [0.05, 0.1) is 15.9 Å². The molecule has 10 heteroatoms. The van der Waals surface area contributed by atoms with Crippen LogP contribution < -0.4 is 11.5 Å². The molecule has 0 heterocycles. The highest BCUT2D eigenvalue weighted by Gasteiger charge is 2.42. The van der Waals surface area contributed by atoms with Crippen LogP contribution in [0.15, 0.2) is 18.2 Å². The third-order valence-corrected chi connectivity index (χ3v) is 3.32. The van der Waals surface area contributed by atoms with E-state index in [1.54, 1.807) is 6.92 Å². The van der Waals surface area contributed by atoms with Crippen LogP contribution in [-0.4, -0.2) is 26.6 Å². The van der Waals surface area contributed by atoms with E-state index in [4.69, 9.17) is 16.6 Å². The molecule has 0 spiro atoms. The maximum atomic E-state index is 11.2. The highest BCUT2D eigenvalue weighted by molar-refractivity contribution is 5.79. The maximum Gasteiger partial charge on any atom is 0.339 e. The lowest BCUT2D eigenvalue weighted by Gasteiger charge is -2.29. The number of nitro benzene ring substituents is 2. The van der Waals surface area contributed by atoms with Gasteiger partial charge in [0.25, 0.3) is 11.4 Å². The quantitative estimate of drug-likeness (QED) is 0.380. The third kappa shape index (κ3) is 3.35. The van der Waals surface area contributed by atoms with Gasteiger partial charge in [-0.15, -0.1) is 0 Å². The van der Waals surface area contributed by atoms with Crippen LogP contribution in [-0.2, 0) is 4.79 Å². The molecule has 1 aromatic rings. The van der Waals surface area contributed by atoms with Gasteiger partial charge in [0.15, 0.2) is 5.66 Å². The van der Waals surface area contributed by atoms with E-state index < -0.39 is 38.8 Å². The first-order chi connectivity index (χ1) is 10.1. The van der Waals surface area contributed by atoms with E-state index in [2.05, 4.69) is 0 Å². The standard InChI is InChI=1S/C12H16N4O6/c1-2-3-9(12(13,14)11(17)18)8-5-4-7(15(19)20)6-10(8)16(21)22/h4-6,9H,2-3,13-14H2,1H3,(H,17,18). The molecule has 0 amide bonds. The fourth-order valence-electron chi connectivity index (χ4n) is 2.19. The Morgan fingerprint density at radius 1 is 1.32 bits per heavy atom. The van der Waals surface area contributed by atoms with Gasteiger partial charge < -0.3 is 16.6 Å². The molecule has 0 saturated carbocycles. The van der Waals surface area contributed by atoms with Gasteiger partial charge in [0.1, 0.15) is 0 Å². The SMILES string of the molecule is CCCC(c1ccc([N+](=O)[O-])cc1[N+](=O)[O-])C(N)(N)C(=O)O. The Labute approximate surface area is 125 Å². The summed E-state index contributed by atoms with van der Waals surface area (Å²) in [5.74, 6) is -2.57. The van der Waals surface area contributed by atoms with Crippen molar-refractivity contribution in [2.24, 2.45) is 11.5 Å². The van der Waals surface area contributed by atoms with Crippen LogP contribution in [0.1, 0.15) is 31.2 Å². The van der Waals surface area contributed by atoms with Gasteiger partial charge >= 0.3 is 5.97 Å². The van der Waals surface area contributed by atoms with Crippen molar-refractivity contribution >= 4 is 17.3 Å². The minimum atomic E-state index is -2.23. The summed E-state index contributed by atoms with van der Waals surface area (Å²) in [4.78, 5) is 31.5. The minimum absolute atomic E-state index is 0.0372. The zero-order chi connectivity index (χ0) is 17.1.